The lowest BCUT2D eigenvalue weighted by molar-refractivity contribution is 0.0518. The Kier molecular flexibility index (Phi) is 5.93. The number of hydrogen-bond donors (Lipinski definition) is 0. The van der Waals surface area contributed by atoms with Crippen LogP contribution in [0, 0.1) is 0 Å². The maximum atomic E-state index is 11.7. The van der Waals surface area contributed by atoms with Crippen LogP contribution in [0.4, 0.5) is 0 Å². The van der Waals surface area contributed by atoms with Crippen LogP contribution in [0.1, 0.15) is 17.3 Å². The molecule has 5 nitrogen and oxygen atoms in total. The van der Waals surface area contributed by atoms with Gasteiger partial charge in [-0.15, -0.1) is 0 Å². The van der Waals surface area contributed by atoms with Crippen molar-refractivity contribution in [3.8, 4) is 5.88 Å². The molecule has 1 aromatic heterocycles. The van der Waals surface area contributed by atoms with Crippen LogP contribution in [0.5, 0.6) is 5.88 Å². The van der Waals surface area contributed by atoms with Gasteiger partial charge in [0.1, 0.15) is 12.2 Å². The Bertz CT molecular complexity index is 384. The lowest BCUT2D eigenvalue weighted by atomic mass is 10.3. The van der Waals surface area contributed by atoms with E-state index in [9.17, 15) is 4.79 Å². The topological polar surface area (TPSA) is 57.7 Å². The second-order valence-corrected chi connectivity index (χ2v) is 3.98. The number of ether oxygens (including phenoxy) is 3. The number of carbonyl (C=O) groups excluding carboxylic acids is 1. The van der Waals surface area contributed by atoms with Gasteiger partial charge in [-0.25, -0.2) is 9.78 Å². The summed E-state index contributed by atoms with van der Waals surface area (Å²) in [5, 5.41) is 0. The minimum Gasteiger partial charge on any atom is -0.475 e. The Balaban J connectivity index is 2.83. The minimum atomic E-state index is -0.450. The van der Waals surface area contributed by atoms with Gasteiger partial charge in [0, 0.05) is 17.8 Å². The van der Waals surface area contributed by atoms with Gasteiger partial charge in [-0.05, 0) is 28.9 Å². The van der Waals surface area contributed by atoms with Gasteiger partial charge in [-0.3, -0.25) is 0 Å². The highest BCUT2D eigenvalue weighted by atomic mass is 79.9. The Morgan fingerprint density at radius 1 is 1.47 bits per heavy atom. The van der Waals surface area contributed by atoms with Crippen LogP contribution in [0.15, 0.2) is 16.7 Å². The molecule has 0 fully saturated rings. The van der Waals surface area contributed by atoms with Gasteiger partial charge in [0.15, 0.2) is 0 Å². The molecule has 0 amide bonds. The largest absolute Gasteiger partial charge is 0.475 e. The normalized spacial score (nSPS) is 10.1. The van der Waals surface area contributed by atoms with E-state index >= 15 is 0 Å². The Labute approximate surface area is 108 Å². The molecule has 0 spiro atoms. The van der Waals surface area contributed by atoms with Crippen molar-refractivity contribution in [2.24, 2.45) is 0 Å². The van der Waals surface area contributed by atoms with E-state index in [1.807, 2.05) is 0 Å². The van der Waals surface area contributed by atoms with Crippen LogP contribution >= 0.6 is 15.9 Å². The second-order valence-electron chi connectivity index (χ2n) is 3.07. The third kappa shape index (κ3) is 4.32. The molecule has 0 radical (unpaired) electrons. The van der Waals surface area contributed by atoms with E-state index in [4.69, 9.17) is 14.2 Å². The summed E-state index contributed by atoms with van der Waals surface area (Å²) in [6.45, 7) is 2.81. The van der Waals surface area contributed by atoms with Gasteiger partial charge in [0.2, 0.25) is 5.88 Å². The van der Waals surface area contributed by atoms with Gasteiger partial charge >= 0.3 is 5.97 Å². The van der Waals surface area contributed by atoms with E-state index in [2.05, 4.69) is 20.9 Å². The molecule has 0 aliphatic heterocycles. The molecule has 0 aliphatic rings. The number of esters is 1. The first-order valence-electron chi connectivity index (χ1n) is 5.13. The van der Waals surface area contributed by atoms with Gasteiger partial charge in [-0.1, -0.05) is 0 Å². The summed E-state index contributed by atoms with van der Waals surface area (Å²) in [7, 11) is 1.57. The summed E-state index contributed by atoms with van der Waals surface area (Å²) in [5.74, 6) is -0.197. The highest BCUT2D eigenvalue weighted by Crippen LogP contribution is 2.20. The Hall–Kier alpha value is -1.14. The molecular weight excluding hydrogens is 290 g/mol. The summed E-state index contributed by atoms with van der Waals surface area (Å²) in [4.78, 5) is 15.7. The van der Waals surface area contributed by atoms with Crippen LogP contribution in [0.2, 0.25) is 0 Å². The number of rotatable bonds is 6. The third-order valence-electron chi connectivity index (χ3n) is 1.84. The van der Waals surface area contributed by atoms with Crippen LogP contribution in [-0.2, 0) is 9.47 Å². The summed E-state index contributed by atoms with van der Waals surface area (Å²) >= 11 is 3.25. The molecule has 0 N–H and O–H groups in total. The van der Waals surface area contributed by atoms with Crippen molar-refractivity contribution in [2.45, 2.75) is 6.92 Å². The predicted molar refractivity (Wildman–Crippen MR) is 65.3 cm³/mol. The molecule has 1 rings (SSSR count). The fourth-order valence-corrected chi connectivity index (χ4v) is 1.45. The Morgan fingerprint density at radius 2 is 2.24 bits per heavy atom. The first-order chi connectivity index (χ1) is 8.19. The van der Waals surface area contributed by atoms with Crippen LogP contribution in [0.3, 0.4) is 0 Å². The molecule has 94 valence electrons. The number of aromatic nitrogens is 1. The number of methoxy groups -OCH3 is 1. The summed E-state index contributed by atoms with van der Waals surface area (Å²) < 4.78 is 15.8. The molecule has 0 aliphatic carbocycles. The molecule has 0 aromatic carbocycles. The minimum absolute atomic E-state index is 0.253. The zero-order valence-electron chi connectivity index (χ0n) is 9.73. The second kappa shape index (κ2) is 7.24. The molecule has 6 heteroatoms. The molecular formula is C11H14BrNO4. The van der Waals surface area contributed by atoms with E-state index in [0.717, 1.165) is 0 Å². The zero-order valence-corrected chi connectivity index (χ0v) is 11.3. The van der Waals surface area contributed by atoms with E-state index in [1.54, 1.807) is 26.3 Å². The average molecular weight is 304 g/mol. The van der Waals surface area contributed by atoms with Crippen molar-refractivity contribution in [2.75, 3.05) is 26.9 Å². The molecule has 0 atom stereocenters. The zero-order chi connectivity index (χ0) is 12.7. The first-order valence-corrected chi connectivity index (χ1v) is 5.92. The number of pyridine rings is 1. The number of carbonyl (C=O) groups is 1. The van der Waals surface area contributed by atoms with Crippen LogP contribution in [0.25, 0.3) is 0 Å². The fourth-order valence-electron chi connectivity index (χ4n) is 1.12. The molecule has 1 heterocycles. The summed E-state index contributed by atoms with van der Waals surface area (Å²) in [5.41, 5.74) is 0.303. The monoisotopic (exact) mass is 303 g/mol. The van der Waals surface area contributed by atoms with Gasteiger partial charge in [0.05, 0.1) is 13.2 Å². The average Bonchev–Trinajstić information content (AvgIpc) is 2.31. The number of nitrogens with zero attached hydrogens (tertiary/aromatic N) is 1. The maximum Gasteiger partial charge on any atom is 0.343 e. The fraction of sp³-hybridized carbons (Fsp3) is 0.455. The van der Waals surface area contributed by atoms with Gasteiger partial charge in [0.25, 0.3) is 0 Å². The number of hydrogen-bond acceptors (Lipinski definition) is 5. The van der Waals surface area contributed by atoms with Crippen molar-refractivity contribution < 1.29 is 19.0 Å². The van der Waals surface area contributed by atoms with Crippen molar-refractivity contribution in [3.05, 3.63) is 22.3 Å². The molecule has 0 bridgehead atoms. The van der Waals surface area contributed by atoms with E-state index in [1.165, 1.54) is 0 Å². The molecule has 1 aromatic rings. The lowest BCUT2D eigenvalue weighted by Gasteiger charge is -2.09. The highest BCUT2D eigenvalue weighted by Gasteiger charge is 2.15. The van der Waals surface area contributed by atoms with Crippen molar-refractivity contribution in [1.29, 1.82) is 0 Å². The molecule has 0 saturated carbocycles. The summed E-state index contributed by atoms with van der Waals surface area (Å²) in [6.07, 6.45) is 1.56. The van der Waals surface area contributed by atoms with Crippen molar-refractivity contribution >= 4 is 21.9 Å². The van der Waals surface area contributed by atoms with Crippen molar-refractivity contribution in [1.82, 2.24) is 4.98 Å². The van der Waals surface area contributed by atoms with E-state index in [0.29, 0.717) is 29.9 Å². The molecule has 17 heavy (non-hydrogen) atoms. The maximum absolute atomic E-state index is 11.7. The van der Waals surface area contributed by atoms with Crippen LogP contribution < -0.4 is 4.74 Å². The number of halogens is 1. The first kappa shape index (κ1) is 13.9. The predicted octanol–water partition coefficient (Wildman–Crippen LogP) is 2.05. The Morgan fingerprint density at radius 3 is 2.88 bits per heavy atom. The van der Waals surface area contributed by atoms with E-state index < -0.39 is 5.97 Å². The lowest BCUT2D eigenvalue weighted by Crippen LogP contribution is -2.12. The van der Waals surface area contributed by atoms with Crippen molar-refractivity contribution in [3.63, 3.8) is 0 Å². The van der Waals surface area contributed by atoms with E-state index in [-0.39, 0.29) is 5.88 Å². The van der Waals surface area contributed by atoms with Crippen LogP contribution in [-0.4, -0.2) is 37.9 Å². The standard InChI is InChI=1S/C11H14BrNO4/c1-3-16-11(14)9-6-8(12)7-13-10(9)17-5-4-15-2/h6-7H,3-5H2,1-2H3. The quantitative estimate of drug-likeness (QED) is 0.594. The molecule has 0 saturated heterocycles. The smallest absolute Gasteiger partial charge is 0.343 e. The SMILES string of the molecule is CCOC(=O)c1cc(Br)cnc1OCCOC. The molecule has 0 unspecified atom stereocenters. The van der Waals surface area contributed by atoms with Gasteiger partial charge in [-0.2, -0.15) is 0 Å². The van der Waals surface area contributed by atoms with Gasteiger partial charge < -0.3 is 14.2 Å². The highest BCUT2D eigenvalue weighted by molar-refractivity contribution is 9.10. The summed E-state index contributed by atoms with van der Waals surface area (Å²) in [6, 6.07) is 1.62. The third-order valence-corrected chi connectivity index (χ3v) is 2.27.